The molecule has 7 heteroatoms. The number of benzene rings is 1. The van der Waals surface area contributed by atoms with Crippen molar-refractivity contribution in [1.29, 1.82) is 0 Å². The minimum atomic E-state index is -0.223. The van der Waals surface area contributed by atoms with Gasteiger partial charge in [0.2, 0.25) is 12.7 Å². The zero-order chi connectivity index (χ0) is 17.2. The van der Waals surface area contributed by atoms with Crippen LogP contribution in [-0.2, 0) is 11.3 Å². The lowest BCUT2D eigenvalue weighted by atomic mass is 10.2. The Bertz CT molecular complexity index is 981. The third-order valence-electron chi connectivity index (χ3n) is 3.82. The monoisotopic (exact) mass is 355 g/mol. The first-order valence-electron chi connectivity index (χ1n) is 7.68. The van der Waals surface area contributed by atoms with E-state index in [9.17, 15) is 4.79 Å². The highest BCUT2D eigenvalue weighted by molar-refractivity contribution is 6.31. The number of halogens is 1. The molecule has 1 aromatic carbocycles. The van der Waals surface area contributed by atoms with Gasteiger partial charge in [0.15, 0.2) is 16.7 Å². The van der Waals surface area contributed by atoms with Crippen LogP contribution in [0.2, 0.25) is 5.15 Å². The number of hydrogen-bond donors (Lipinski definition) is 1. The minimum Gasteiger partial charge on any atom is -0.454 e. The summed E-state index contributed by atoms with van der Waals surface area (Å²) < 4.78 is 12.4. The molecule has 0 bridgehead atoms. The SMILES string of the molecule is O=C(/C=C/c1c(Cl)nc2ccccn12)NCc1ccc2c(c1)OCO2. The number of rotatable bonds is 4. The van der Waals surface area contributed by atoms with E-state index in [0.717, 1.165) is 17.0 Å². The van der Waals surface area contributed by atoms with Crippen molar-refractivity contribution in [1.82, 2.24) is 14.7 Å². The van der Waals surface area contributed by atoms with E-state index in [-0.39, 0.29) is 12.7 Å². The van der Waals surface area contributed by atoms with Crippen LogP contribution in [0.15, 0.2) is 48.7 Å². The molecular formula is C18H14ClN3O3. The highest BCUT2D eigenvalue weighted by atomic mass is 35.5. The molecule has 126 valence electrons. The van der Waals surface area contributed by atoms with Crippen LogP contribution in [0.5, 0.6) is 11.5 Å². The molecule has 25 heavy (non-hydrogen) atoms. The molecule has 0 saturated carbocycles. The number of nitrogens with zero attached hydrogens (tertiary/aromatic N) is 2. The molecule has 1 N–H and O–H groups in total. The fourth-order valence-electron chi connectivity index (χ4n) is 2.59. The zero-order valence-electron chi connectivity index (χ0n) is 13.1. The van der Waals surface area contributed by atoms with Crippen molar-refractivity contribution in [2.45, 2.75) is 6.54 Å². The van der Waals surface area contributed by atoms with Crippen LogP contribution in [0.1, 0.15) is 11.3 Å². The number of nitrogens with one attached hydrogen (secondary N) is 1. The van der Waals surface area contributed by atoms with E-state index in [1.807, 2.05) is 47.0 Å². The van der Waals surface area contributed by atoms with Crippen molar-refractivity contribution >= 4 is 29.2 Å². The second kappa shape index (κ2) is 6.49. The van der Waals surface area contributed by atoms with Gasteiger partial charge < -0.3 is 14.8 Å². The van der Waals surface area contributed by atoms with Crippen LogP contribution < -0.4 is 14.8 Å². The minimum absolute atomic E-state index is 0.223. The number of aromatic nitrogens is 2. The van der Waals surface area contributed by atoms with Crippen LogP contribution in [0.25, 0.3) is 11.7 Å². The van der Waals surface area contributed by atoms with Gasteiger partial charge in [0.25, 0.3) is 0 Å². The Morgan fingerprint density at radius 2 is 2.16 bits per heavy atom. The maximum atomic E-state index is 12.1. The maximum absolute atomic E-state index is 12.1. The van der Waals surface area contributed by atoms with E-state index in [1.165, 1.54) is 6.08 Å². The standard InChI is InChI=1S/C18H14ClN3O3/c19-18-13(22-8-2-1-3-16(22)21-18)5-7-17(23)20-10-12-4-6-14-15(9-12)25-11-24-14/h1-9H,10-11H2,(H,20,23)/b7-5+. The molecule has 3 heterocycles. The number of pyridine rings is 1. The highest BCUT2D eigenvalue weighted by Gasteiger charge is 2.13. The van der Waals surface area contributed by atoms with E-state index in [4.69, 9.17) is 21.1 Å². The molecule has 0 radical (unpaired) electrons. The number of imidazole rings is 1. The van der Waals surface area contributed by atoms with Gasteiger partial charge in [0.05, 0.1) is 5.69 Å². The fourth-order valence-corrected chi connectivity index (χ4v) is 2.83. The summed E-state index contributed by atoms with van der Waals surface area (Å²) in [6, 6.07) is 11.2. The Hall–Kier alpha value is -2.99. The van der Waals surface area contributed by atoms with Gasteiger partial charge >= 0.3 is 0 Å². The van der Waals surface area contributed by atoms with Crippen LogP contribution in [0.4, 0.5) is 0 Å². The predicted octanol–water partition coefficient (Wildman–Crippen LogP) is 3.05. The van der Waals surface area contributed by atoms with Gasteiger partial charge in [-0.2, -0.15) is 0 Å². The predicted molar refractivity (Wildman–Crippen MR) is 93.6 cm³/mol. The number of carbonyl (C=O) groups is 1. The van der Waals surface area contributed by atoms with Crippen molar-refractivity contribution < 1.29 is 14.3 Å². The normalized spacial score (nSPS) is 12.8. The van der Waals surface area contributed by atoms with Crippen molar-refractivity contribution in [2.24, 2.45) is 0 Å². The Morgan fingerprint density at radius 3 is 3.08 bits per heavy atom. The molecule has 1 amide bonds. The highest BCUT2D eigenvalue weighted by Crippen LogP contribution is 2.32. The van der Waals surface area contributed by atoms with Crippen molar-refractivity contribution in [2.75, 3.05) is 6.79 Å². The summed E-state index contributed by atoms with van der Waals surface area (Å²) in [5, 5.41) is 3.18. The van der Waals surface area contributed by atoms with Gasteiger partial charge in [-0.3, -0.25) is 9.20 Å². The lowest BCUT2D eigenvalue weighted by Crippen LogP contribution is -2.20. The molecule has 1 aliphatic rings. The lowest BCUT2D eigenvalue weighted by molar-refractivity contribution is -0.116. The lowest BCUT2D eigenvalue weighted by Gasteiger charge is -2.04. The van der Waals surface area contributed by atoms with E-state index < -0.39 is 0 Å². The topological polar surface area (TPSA) is 64.9 Å². The Balaban J connectivity index is 1.43. The van der Waals surface area contributed by atoms with Gasteiger partial charge in [-0.05, 0) is 35.9 Å². The van der Waals surface area contributed by atoms with Gasteiger partial charge in [-0.1, -0.05) is 23.7 Å². The molecular weight excluding hydrogens is 342 g/mol. The molecule has 3 aromatic rings. The molecule has 0 unspecified atom stereocenters. The summed E-state index contributed by atoms with van der Waals surface area (Å²) >= 11 is 6.14. The first kappa shape index (κ1) is 15.5. The van der Waals surface area contributed by atoms with Crippen LogP contribution in [-0.4, -0.2) is 22.1 Å². The Morgan fingerprint density at radius 1 is 1.28 bits per heavy atom. The molecule has 0 spiro atoms. The second-order valence-electron chi connectivity index (χ2n) is 5.46. The molecule has 2 aromatic heterocycles. The average molecular weight is 356 g/mol. The van der Waals surface area contributed by atoms with Crippen LogP contribution in [0, 0.1) is 0 Å². The third-order valence-corrected chi connectivity index (χ3v) is 4.10. The largest absolute Gasteiger partial charge is 0.454 e. The molecule has 0 fully saturated rings. The smallest absolute Gasteiger partial charge is 0.244 e. The quantitative estimate of drug-likeness (QED) is 0.730. The van der Waals surface area contributed by atoms with E-state index in [0.29, 0.717) is 23.1 Å². The second-order valence-corrected chi connectivity index (χ2v) is 5.81. The van der Waals surface area contributed by atoms with E-state index in [2.05, 4.69) is 10.3 Å². The number of carbonyl (C=O) groups excluding carboxylic acids is 1. The first-order chi connectivity index (χ1) is 12.2. The average Bonchev–Trinajstić information content (AvgIpc) is 3.21. The Kier molecular flexibility index (Phi) is 4.03. The number of hydrogen-bond acceptors (Lipinski definition) is 4. The molecule has 0 aliphatic carbocycles. The van der Waals surface area contributed by atoms with E-state index >= 15 is 0 Å². The van der Waals surface area contributed by atoms with Crippen LogP contribution >= 0.6 is 11.6 Å². The molecule has 6 nitrogen and oxygen atoms in total. The number of amides is 1. The summed E-state index contributed by atoms with van der Waals surface area (Å²) in [7, 11) is 0. The summed E-state index contributed by atoms with van der Waals surface area (Å²) in [4.78, 5) is 16.3. The fraction of sp³-hybridized carbons (Fsp3) is 0.111. The van der Waals surface area contributed by atoms with Gasteiger partial charge in [-0.15, -0.1) is 0 Å². The van der Waals surface area contributed by atoms with Crippen LogP contribution in [0.3, 0.4) is 0 Å². The van der Waals surface area contributed by atoms with Gasteiger partial charge in [0, 0.05) is 18.8 Å². The zero-order valence-corrected chi connectivity index (χ0v) is 13.9. The number of ether oxygens (including phenoxy) is 2. The summed E-state index contributed by atoms with van der Waals surface area (Å²) in [5.41, 5.74) is 2.32. The summed E-state index contributed by atoms with van der Waals surface area (Å²) in [5.74, 6) is 1.19. The van der Waals surface area contributed by atoms with Gasteiger partial charge in [0.1, 0.15) is 5.65 Å². The molecule has 0 saturated heterocycles. The third kappa shape index (κ3) is 3.16. The van der Waals surface area contributed by atoms with Crippen molar-refractivity contribution in [3.05, 3.63) is 65.1 Å². The van der Waals surface area contributed by atoms with Crippen molar-refractivity contribution in [3.63, 3.8) is 0 Å². The Labute approximate surface area is 148 Å². The molecule has 0 atom stereocenters. The van der Waals surface area contributed by atoms with Gasteiger partial charge in [-0.25, -0.2) is 4.98 Å². The van der Waals surface area contributed by atoms with Crippen molar-refractivity contribution in [3.8, 4) is 11.5 Å². The maximum Gasteiger partial charge on any atom is 0.244 e. The summed E-state index contributed by atoms with van der Waals surface area (Å²) in [6.45, 7) is 0.620. The summed E-state index contributed by atoms with van der Waals surface area (Å²) in [6.07, 6.45) is 4.94. The van der Waals surface area contributed by atoms with E-state index in [1.54, 1.807) is 6.08 Å². The molecule has 4 rings (SSSR count). The molecule has 1 aliphatic heterocycles. The first-order valence-corrected chi connectivity index (χ1v) is 8.05. The number of fused-ring (bicyclic) bond motifs is 2.